The summed E-state index contributed by atoms with van der Waals surface area (Å²) in [5, 5.41) is 14.0. The molecule has 0 aromatic heterocycles. The molecule has 6 heteroatoms. The van der Waals surface area contributed by atoms with Crippen LogP contribution in [0.15, 0.2) is 30.9 Å². The van der Waals surface area contributed by atoms with Crippen LogP contribution in [0.3, 0.4) is 0 Å². The van der Waals surface area contributed by atoms with E-state index in [0.717, 1.165) is 18.1 Å². The van der Waals surface area contributed by atoms with Crippen LogP contribution in [-0.2, 0) is 0 Å². The molecule has 20 heavy (non-hydrogen) atoms. The number of ether oxygens (including phenoxy) is 1. The first-order valence-electron chi connectivity index (χ1n) is 6.28. The average molecular weight is 336 g/mol. The Morgan fingerprint density at radius 1 is 1.45 bits per heavy atom. The molecule has 0 saturated carbocycles. The first-order chi connectivity index (χ1) is 9.63. The Balaban J connectivity index is 2.17. The molecule has 0 aliphatic rings. The normalized spacial score (nSPS) is 12.2. The third kappa shape index (κ3) is 7.41. The lowest BCUT2D eigenvalue weighted by Crippen LogP contribution is -2.32. The molecule has 3 nitrogen and oxygen atoms in total. The summed E-state index contributed by atoms with van der Waals surface area (Å²) in [7, 11) is 0. The van der Waals surface area contributed by atoms with Gasteiger partial charge >= 0.3 is 0 Å². The second-order valence-electron chi connectivity index (χ2n) is 4.11. The number of benzene rings is 1. The highest BCUT2D eigenvalue weighted by Crippen LogP contribution is 2.27. The Morgan fingerprint density at radius 2 is 2.25 bits per heavy atom. The zero-order chi connectivity index (χ0) is 14.8. The topological polar surface area (TPSA) is 41.5 Å². The van der Waals surface area contributed by atoms with Gasteiger partial charge in [0.05, 0.1) is 5.02 Å². The van der Waals surface area contributed by atoms with E-state index in [-0.39, 0.29) is 6.61 Å². The lowest BCUT2D eigenvalue weighted by atomic mass is 10.3. The highest BCUT2D eigenvalue weighted by molar-refractivity contribution is 7.99. The molecule has 0 aliphatic heterocycles. The standard InChI is InChI=1S/C14H19Cl2NO2S/c1-2-6-20-7-5-17-9-12(18)10-19-14-8-11(15)3-4-13(14)16/h2-4,8,12,17-18H,1,5-7,9-10H2. The summed E-state index contributed by atoms with van der Waals surface area (Å²) in [4.78, 5) is 0. The molecule has 0 heterocycles. The molecule has 0 amide bonds. The van der Waals surface area contributed by atoms with E-state index in [0.29, 0.717) is 22.3 Å². The fourth-order valence-corrected chi connectivity index (χ4v) is 2.37. The van der Waals surface area contributed by atoms with Crippen molar-refractivity contribution in [1.82, 2.24) is 5.32 Å². The van der Waals surface area contributed by atoms with Crippen molar-refractivity contribution in [2.45, 2.75) is 6.10 Å². The van der Waals surface area contributed by atoms with Gasteiger partial charge in [0, 0.05) is 35.7 Å². The summed E-state index contributed by atoms with van der Waals surface area (Å²) in [6.07, 6.45) is 1.29. The van der Waals surface area contributed by atoms with E-state index >= 15 is 0 Å². The SMILES string of the molecule is C=CCSCCNCC(O)COc1cc(Cl)ccc1Cl. The van der Waals surface area contributed by atoms with Gasteiger partial charge in [-0.15, -0.1) is 6.58 Å². The van der Waals surface area contributed by atoms with Crippen LogP contribution in [-0.4, -0.2) is 42.4 Å². The average Bonchev–Trinajstić information content (AvgIpc) is 2.43. The number of thioether (sulfide) groups is 1. The van der Waals surface area contributed by atoms with Gasteiger partial charge in [-0.2, -0.15) is 11.8 Å². The van der Waals surface area contributed by atoms with Crippen LogP contribution in [0.1, 0.15) is 0 Å². The number of nitrogens with one attached hydrogen (secondary N) is 1. The Kier molecular flexibility index (Phi) is 9.14. The van der Waals surface area contributed by atoms with Crippen LogP contribution in [0.25, 0.3) is 0 Å². The van der Waals surface area contributed by atoms with E-state index in [4.69, 9.17) is 27.9 Å². The fourth-order valence-electron chi connectivity index (χ4n) is 1.41. The molecular formula is C14H19Cl2NO2S. The van der Waals surface area contributed by atoms with E-state index in [1.807, 2.05) is 6.08 Å². The number of rotatable bonds is 10. The highest BCUT2D eigenvalue weighted by Gasteiger charge is 2.07. The van der Waals surface area contributed by atoms with E-state index in [1.165, 1.54) is 0 Å². The summed E-state index contributed by atoms with van der Waals surface area (Å²) >= 11 is 13.6. The maximum atomic E-state index is 9.79. The summed E-state index contributed by atoms with van der Waals surface area (Å²) in [5.41, 5.74) is 0. The molecule has 0 aliphatic carbocycles. The Hall–Kier alpha value is -0.390. The first-order valence-corrected chi connectivity index (χ1v) is 8.20. The highest BCUT2D eigenvalue weighted by atomic mass is 35.5. The van der Waals surface area contributed by atoms with Gasteiger partial charge in [0.25, 0.3) is 0 Å². The van der Waals surface area contributed by atoms with Gasteiger partial charge in [0.1, 0.15) is 18.5 Å². The van der Waals surface area contributed by atoms with Crippen molar-refractivity contribution in [2.75, 3.05) is 31.2 Å². The van der Waals surface area contributed by atoms with Crippen LogP contribution in [0.5, 0.6) is 5.75 Å². The minimum absolute atomic E-state index is 0.173. The van der Waals surface area contributed by atoms with Gasteiger partial charge < -0.3 is 15.2 Å². The molecule has 0 bridgehead atoms. The largest absolute Gasteiger partial charge is 0.489 e. The van der Waals surface area contributed by atoms with E-state index in [1.54, 1.807) is 30.0 Å². The maximum Gasteiger partial charge on any atom is 0.139 e. The molecule has 0 spiro atoms. The zero-order valence-electron chi connectivity index (χ0n) is 11.1. The summed E-state index contributed by atoms with van der Waals surface area (Å²) < 4.78 is 5.45. The van der Waals surface area contributed by atoms with Crippen molar-refractivity contribution in [3.05, 3.63) is 40.9 Å². The van der Waals surface area contributed by atoms with Gasteiger partial charge in [-0.3, -0.25) is 0 Å². The predicted octanol–water partition coefficient (Wildman–Crippen LogP) is 3.24. The molecule has 112 valence electrons. The lowest BCUT2D eigenvalue weighted by molar-refractivity contribution is 0.107. The summed E-state index contributed by atoms with van der Waals surface area (Å²) in [5.74, 6) is 2.42. The number of halogens is 2. The van der Waals surface area contributed by atoms with Crippen LogP contribution in [0, 0.1) is 0 Å². The summed E-state index contributed by atoms with van der Waals surface area (Å²) in [6.45, 7) is 5.15. The second kappa shape index (κ2) is 10.4. The Bertz CT molecular complexity index is 418. The van der Waals surface area contributed by atoms with E-state index in [9.17, 15) is 5.11 Å². The van der Waals surface area contributed by atoms with Crippen LogP contribution in [0.2, 0.25) is 10.0 Å². The smallest absolute Gasteiger partial charge is 0.139 e. The predicted molar refractivity (Wildman–Crippen MR) is 88.4 cm³/mol. The number of hydrogen-bond acceptors (Lipinski definition) is 4. The molecule has 1 rings (SSSR count). The van der Waals surface area contributed by atoms with Crippen molar-refractivity contribution in [3.63, 3.8) is 0 Å². The number of aliphatic hydroxyl groups excluding tert-OH is 1. The van der Waals surface area contributed by atoms with Crippen molar-refractivity contribution in [2.24, 2.45) is 0 Å². The monoisotopic (exact) mass is 335 g/mol. The van der Waals surface area contributed by atoms with Crippen LogP contribution >= 0.6 is 35.0 Å². The van der Waals surface area contributed by atoms with Crippen molar-refractivity contribution in [1.29, 1.82) is 0 Å². The third-order valence-electron chi connectivity index (χ3n) is 2.36. The minimum atomic E-state index is -0.588. The van der Waals surface area contributed by atoms with E-state index < -0.39 is 6.10 Å². The fraction of sp³-hybridized carbons (Fsp3) is 0.429. The number of hydrogen-bond donors (Lipinski definition) is 2. The summed E-state index contributed by atoms with van der Waals surface area (Å²) in [6, 6.07) is 4.99. The molecule has 1 atom stereocenters. The molecule has 0 fully saturated rings. The van der Waals surface area contributed by atoms with Gasteiger partial charge in [-0.25, -0.2) is 0 Å². The van der Waals surface area contributed by atoms with Crippen molar-refractivity contribution >= 4 is 35.0 Å². The first kappa shape index (κ1) is 17.7. The van der Waals surface area contributed by atoms with Gasteiger partial charge in [0.15, 0.2) is 0 Å². The molecule has 2 N–H and O–H groups in total. The van der Waals surface area contributed by atoms with Gasteiger partial charge in [-0.05, 0) is 12.1 Å². The zero-order valence-corrected chi connectivity index (χ0v) is 13.5. The lowest BCUT2D eigenvalue weighted by Gasteiger charge is -2.14. The number of aliphatic hydroxyl groups is 1. The van der Waals surface area contributed by atoms with Crippen LogP contribution in [0.4, 0.5) is 0 Å². The van der Waals surface area contributed by atoms with Crippen molar-refractivity contribution < 1.29 is 9.84 Å². The Labute approximate surface area is 134 Å². The Morgan fingerprint density at radius 3 is 3.00 bits per heavy atom. The van der Waals surface area contributed by atoms with Gasteiger partial charge in [-0.1, -0.05) is 29.3 Å². The molecule has 0 saturated heterocycles. The second-order valence-corrected chi connectivity index (χ2v) is 6.10. The molecular weight excluding hydrogens is 317 g/mol. The van der Waals surface area contributed by atoms with E-state index in [2.05, 4.69) is 11.9 Å². The van der Waals surface area contributed by atoms with Gasteiger partial charge in [0.2, 0.25) is 0 Å². The molecule has 1 aromatic rings. The maximum absolute atomic E-state index is 9.79. The molecule has 1 unspecified atom stereocenters. The third-order valence-corrected chi connectivity index (χ3v) is 3.87. The quantitative estimate of drug-likeness (QED) is 0.508. The minimum Gasteiger partial charge on any atom is -0.489 e. The molecule has 0 radical (unpaired) electrons. The van der Waals surface area contributed by atoms with Crippen molar-refractivity contribution in [3.8, 4) is 5.75 Å². The van der Waals surface area contributed by atoms with Crippen LogP contribution < -0.4 is 10.1 Å². The molecule has 1 aromatic carbocycles.